The molecule has 2 atom stereocenters. The second-order valence-corrected chi connectivity index (χ2v) is 12.0. The number of hydrogen-bond donors (Lipinski definition) is 2. The summed E-state index contributed by atoms with van der Waals surface area (Å²) in [6.07, 6.45) is 1.76. The molecule has 0 radical (unpaired) electrons. The van der Waals surface area contributed by atoms with E-state index in [-0.39, 0.29) is 33.8 Å². The van der Waals surface area contributed by atoms with Gasteiger partial charge in [0.2, 0.25) is 0 Å². The molecule has 0 aliphatic carbocycles. The summed E-state index contributed by atoms with van der Waals surface area (Å²) in [5, 5.41) is 0. The minimum atomic E-state index is -4.00. The lowest BCUT2D eigenvalue weighted by atomic mass is 10.3. The molecule has 0 saturated carbocycles. The standard InChI is InChI=1S/2C8H17NO2.2C6H6O3S/c2*1-5-6-11-8(10)7(2)9(3)4;2*7-10(8,9)6-4-2-1-3-5-6/h2*7H,5-6H2,1-4H3;2*1-5H,(H,7,8,9). The van der Waals surface area contributed by atoms with E-state index in [0.717, 1.165) is 12.8 Å². The quantitative estimate of drug-likeness (QED) is 0.288. The number of nitrogens with zero attached hydrogens (tertiary/aromatic N) is 2. The summed E-state index contributed by atoms with van der Waals surface area (Å²) in [4.78, 5) is 25.7. The van der Waals surface area contributed by atoms with Gasteiger partial charge in [-0.25, -0.2) is 0 Å². The Labute approximate surface area is 251 Å². The number of likely N-dealkylation sites (N-methyl/N-ethyl adjacent to an activating group) is 2. The van der Waals surface area contributed by atoms with Crippen molar-refractivity contribution in [3.8, 4) is 0 Å². The molecular formula is C28H46N2O10S2. The smallest absolute Gasteiger partial charge is 0.323 e. The Morgan fingerprint density at radius 1 is 0.643 bits per heavy atom. The lowest BCUT2D eigenvalue weighted by Crippen LogP contribution is -2.34. The molecule has 0 spiro atoms. The van der Waals surface area contributed by atoms with E-state index in [2.05, 4.69) is 0 Å². The normalized spacial score (nSPS) is 12.3. The van der Waals surface area contributed by atoms with E-state index in [1.165, 1.54) is 24.3 Å². The summed E-state index contributed by atoms with van der Waals surface area (Å²) in [5.41, 5.74) is 0. The summed E-state index contributed by atoms with van der Waals surface area (Å²) in [5.74, 6) is -0.284. The predicted molar refractivity (Wildman–Crippen MR) is 161 cm³/mol. The Balaban J connectivity index is 0. The van der Waals surface area contributed by atoms with Gasteiger partial charge in [-0.2, -0.15) is 16.8 Å². The molecule has 0 heterocycles. The largest absolute Gasteiger partial charge is 0.465 e. The maximum atomic E-state index is 11.1. The third-order valence-corrected chi connectivity index (χ3v) is 6.95. The minimum absolute atomic E-state index is 0.0741. The molecule has 0 bridgehead atoms. The molecule has 0 amide bonds. The average molecular weight is 635 g/mol. The van der Waals surface area contributed by atoms with Gasteiger partial charge < -0.3 is 9.47 Å². The highest BCUT2D eigenvalue weighted by atomic mass is 32.2. The first kappa shape index (κ1) is 41.3. The molecule has 2 N–H and O–H groups in total. The van der Waals surface area contributed by atoms with Crippen molar-refractivity contribution in [3.63, 3.8) is 0 Å². The van der Waals surface area contributed by atoms with Gasteiger partial charge >= 0.3 is 11.9 Å². The molecular weight excluding hydrogens is 588 g/mol. The SMILES string of the molecule is CCCOC(=O)C(C)N(C)C.CCCOC(=O)C(C)N(C)C.O=S(=O)(O)c1ccccc1.O=S(=O)(O)c1ccccc1. The van der Waals surface area contributed by atoms with Crippen LogP contribution in [-0.4, -0.2) is 101 Å². The number of benzene rings is 2. The summed E-state index contributed by atoms with van der Waals surface area (Å²) in [6, 6.07) is 14.6. The molecule has 2 unspecified atom stereocenters. The number of esters is 2. The molecule has 2 aromatic rings. The van der Waals surface area contributed by atoms with E-state index in [9.17, 15) is 26.4 Å². The van der Waals surface area contributed by atoms with Crippen LogP contribution >= 0.6 is 0 Å². The van der Waals surface area contributed by atoms with Gasteiger partial charge in [0.15, 0.2) is 0 Å². The van der Waals surface area contributed by atoms with Crippen LogP contribution in [0.5, 0.6) is 0 Å². The van der Waals surface area contributed by atoms with Crippen LogP contribution in [0.25, 0.3) is 0 Å². The summed E-state index contributed by atoms with van der Waals surface area (Å²) in [6.45, 7) is 8.67. The fourth-order valence-corrected chi connectivity index (χ4v) is 3.26. The Hall–Kier alpha value is -2.88. The van der Waals surface area contributed by atoms with Crippen LogP contribution < -0.4 is 0 Å². The third kappa shape index (κ3) is 20.1. The molecule has 2 rings (SSSR count). The van der Waals surface area contributed by atoms with Crippen LogP contribution in [-0.2, 0) is 39.3 Å². The number of carbonyl (C=O) groups is 2. The van der Waals surface area contributed by atoms with Crippen LogP contribution in [0, 0.1) is 0 Å². The summed E-state index contributed by atoms with van der Waals surface area (Å²) < 4.78 is 68.3. The van der Waals surface area contributed by atoms with Crippen LogP contribution in [0.3, 0.4) is 0 Å². The van der Waals surface area contributed by atoms with E-state index in [0.29, 0.717) is 13.2 Å². The second-order valence-electron chi connectivity index (χ2n) is 9.19. The van der Waals surface area contributed by atoms with Crippen molar-refractivity contribution in [1.29, 1.82) is 0 Å². The molecule has 14 heteroatoms. The van der Waals surface area contributed by atoms with Gasteiger partial charge in [-0.1, -0.05) is 50.2 Å². The van der Waals surface area contributed by atoms with Crippen molar-refractivity contribution in [1.82, 2.24) is 9.80 Å². The van der Waals surface area contributed by atoms with Gasteiger partial charge in [-0.3, -0.25) is 28.5 Å². The Morgan fingerprint density at radius 3 is 1.07 bits per heavy atom. The highest BCUT2D eigenvalue weighted by molar-refractivity contribution is 7.86. The second kappa shape index (κ2) is 21.8. The van der Waals surface area contributed by atoms with Crippen molar-refractivity contribution in [2.45, 2.75) is 62.4 Å². The molecule has 0 aliphatic rings. The van der Waals surface area contributed by atoms with Crippen molar-refractivity contribution in [2.75, 3.05) is 41.4 Å². The lowest BCUT2D eigenvalue weighted by Gasteiger charge is -2.17. The fourth-order valence-electron chi connectivity index (χ4n) is 2.25. The zero-order valence-corrected chi connectivity index (χ0v) is 27.3. The zero-order valence-electron chi connectivity index (χ0n) is 25.6. The van der Waals surface area contributed by atoms with E-state index in [4.69, 9.17) is 18.6 Å². The van der Waals surface area contributed by atoms with Gasteiger partial charge in [-0.05, 0) is 79.1 Å². The van der Waals surface area contributed by atoms with Crippen LogP contribution in [0.2, 0.25) is 0 Å². The number of carbonyl (C=O) groups excluding carboxylic acids is 2. The molecule has 12 nitrogen and oxygen atoms in total. The van der Waals surface area contributed by atoms with Crippen molar-refractivity contribution >= 4 is 32.2 Å². The molecule has 2 aromatic carbocycles. The Kier molecular flexibility index (Phi) is 21.4. The maximum absolute atomic E-state index is 11.1. The van der Waals surface area contributed by atoms with Gasteiger partial charge in [0, 0.05) is 0 Å². The number of ether oxygens (including phenoxy) is 2. The van der Waals surface area contributed by atoms with Gasteiger partial charge in [0.05, 0.1) is 23.0 Å². The highest BCUT2D eigenvalue weighted by Crippen LogP contribution is 2.06. The zero-order chi connectivity index (χ0) is 32.9. The average Bonchev–Trinajstić information content (AvgIpc) is 2.94. The first-order chi connectivity index (χ1) is 19.4. The molecule has 42 heavy (non-hydrogen) atoms. The predicted octanol–water partition coefficient (Wildman–Crippen LogP) is 3.65. The highest BCUT2D eigenvalue weighted by Gasteiger charge is 2.16. The number of rotatable bonds is 10. The molecule has 240 valence electrons. The summed E-state index contributed by atoms with van der Waals surface area (Å²) in [7, 11) is -0.570. The van der Waals surface area contributed by atoms with Crippen LogP contribution in [0.1, 0.15) is 40.5 Å². The summed E-state index contributed by atoms with van der Waals surface area (Å²) >= 11 is 0. The van der Waals surface area contributed by atoms with Gasteiger partial charge in [0.1, 0.15) is 12.1 Å². The Bertz CT molecular complexity index is 1120. The van der Waals surface area contributed by atoms with Crippen LogP contribution in [0.15, 0.2) is 70.5 Å². The molecule has 0 aromatic heterocycles. The van der Waals surface area contributed by atoms with E-state index in [1.54, 1.807) is 36.4 Å². The first-order valence-electron chi connectivity index (χ1n) is 13.1. The van der Waals surface area contributed by atoms with Gasteiger partial charge in [0.25, 0.3) is 20.2 Å². The van der Waals surface area contributed by atoms with E-state index in [1.807, 2.05) is 65.7 Å². The topological polar surface area (TPSA) is 168 Å². The van der Waals surface area contributed by atoms with Crippen molar-refractivity contribution in [3.05, 3.63) is 60.7 Å². The first-order valence-corrected chi connectivity index (χ1v) is 16.0. The van der Waals surface area contributed by atoms with Crippen molar-refractivity contribution in [2.24, 2.45) is 0 Å². The van der Waals surface area contributed by atoms with E-state index >= 15 is 0 Å². The van der Waals surface area contributed by atoms with Crippen LogP contribution in [0.4, 0.5) is 0 Å². The van der Waals surface area contributed by atoms with Crippen molar-refractivity contribution < 1.29 is 45.0 Å². The Morgan fingerprint density at radius 2 is 0.905 bits per heavy atom. The fraction of sp³-hybridized carbons (Fsp3) is 0.500. The minimum Gasteiger partial charge on any atom is -0.465 e. The van der Waals surface area contributed by atoms with Gasteiger partial charge in [-0.15, -0.1) is 0 Å². The molecule has 0 aliphatic heterocycles. The monoisotopic (exact) mass is 634 g/mol. The molecule has 0 saturated heterocycles. The number of hydrogen-bond acceptors (Lipinski definition) is 10. The lowest BCUT2D eigenvalue weighted by molar-refractivity contribution is -0.149. The maximum Gasteiger partial charge on any atom is 0.323 e. The third-order valence-electron chi connectivity index (χ3n) is 5.21. The molecule has 0 fully saturated rings. The van der Waals surface area contributed by atoms with E-state index < -0.39 is 20.2 Å².